The molecule has 1 atom stereocenters. The average Bonchev–Trinajstić information content (AvgIpc) is 2.48. The quantitative estimate of drug-likeness (QED) is 0.893. The monoisotopic (exact) mass is 257 g/mol. The average molecular weight is 257 g/mol. The molecule has 1 unspecified atom stereocenters. The van der Waals surface area contributed by atoms with Crippen molar-refractivity contribution in [1.29, 1.82) is 0 Å². The van der Waals surface area contributed by atoms with E-state index in [1.165, 1.54) is 0 Å². The molecule has 0 amide bonds. The van der Waals surface area contributed by atoms with E-state index in [4.69, 9.17) is 9.84 Å². The van der Waals surface area contributed by atoms with Gasteiger partial charge in [0.15, 0.2) is 0 Å². The molecular formula is C16H19NO2. The lowest BCUT2D eigenvalue weighted by atomic mass is 10.0. The Morgan fingerprint density at radius 3 is 2.58 bits per heavy atom. The molecule has 0 spiro atoms. The van der Waals surface area contributed by atoms with Crippen LogP contribution in [0, 0.1) is 0 Å². The van der Waals surface area contributed by atoms with Crippen molar-refractivity contribution in [2.75, 3.05) is 6.61 Å². The molecule has 0 aliphatic rings. The molecule has 0 saturated carbocycles. The maximum atomic E-state index is 9.14. The van der Waals surface area contributed by atoms with Crippen LogP contribution in [0.25, 0.3) is 11.3 Å². The maximum absolute atomic E-state index is 9.14. The van der Waals surface area contributed by atoms with Gasteiger partial charge in [-0.25, -0.2) is 0 Å². The first-order valence-corrected chi connectivity index (χ1v) is 6.52. The largest absolute Gasteiger partial charge is 0.392 e. The standard InChI is InChI=1S/C16H19NO2/c1-3-19-12(2)14-4-6-15(7-5-14)16-10-13(11-18)8-9-17-16/h4-10,12,18H,3,11H2,1-2H3. The van der Waals surface area contributed by atoms with Crippen molar-refractivity contribution >= 4 is 0 Å². The van der Waals surface area contributed by atoms with E-state index in [1.54, 1.807) is 6.20 Å². The van der Waals surface area contributed by atoms with Crippen molar-refractivity contribution in [2.24, 2.45) is 0 Å². The smallest absolute Gasteiger partial charge is 0.0796 e. The van der Waals surface area contributed by atoms with Gasteiger partial charge in [-0.3, -0.25) is 4.98 Å². The van der Waals surface area contributed by atoms with E-state index in [2.05, 4.69) is 17.1 Å². The summed E-state index contributed by atoms with van der Waals surface area (Å²) >= 11 is 0. The first-order valence-electron chi connectivity index (χ1n) is 6.52. The highest BCUT2D eigenvalue weighted by Crippen LogP contribution is 2.22. The Labute approximate surface area is 113 Å². The molecule has 0 radical (unpaired) electrons. The van der Waals surface area contributed by atoms with E-state index < -0.39 is 0 Å². The fraction of sp³-hybridized carbons (Fsp3) is 0.312. The van der Waals surface area contributed by atoms with Gasteiger partial charge in [-0.05, 0) is 37.1 Å². The highest BCUT2D eigenvalue weighted by molar-refractivity contribution is 5.60. The second-order valence-corrected chi connectivity index (χ2v) is 4.43. The second-order valence-electron chi connectivity index (χ2n) is 4.43. The third kappa shape index (κ3) is 3.40. The van der Waals surface area contributed by atoms with Gasteiger partial charge < -0.3 is 9.84 Å². The van der Waals surface area contributed by atoms with Crippen LogP contribution in [0.5, 0.6) is 0 Å². The molecule has 3 heteroatoms. The number of aromatic nitrogens is 1. The van der Waals surface area contributed by atoms with Crippen LogP contribution >= 0.6 is 0 Å². The van der Waals surface area contributed by atoms with Crippen molar-refractivity contribution in [3.63, 3.8) is 0 Å². The fourth-order valence-corrected chi connectivity index (χ4v) is 2.00. The zero-order valence-electron chi connectivity index (χ0n) is 11.3. The maximum Gasteiger partial charge on any atom is 0.0796 e. The lowest BCUT2D eigenvalue weighted by Gasteiger charge is -2.12. The lowest BCUT2D eigenvalue weighted by molar-refractivity contribution is 0.0764. The van der Waals surface area contributed by atoms with Crippen LogP contribution in [-0.2, 0) is 11.3 Å². The molecule has 0 bridgehead atoms. The predicted octanol–water partition coefficient (Wildman–Crippen LogP) is 3.34. The van der Waals surface area contributed by atoms with Crippen LogP contribution < -0.4 is 0 Å². The van der Waals surface area contributed by atoms with Gasteiger partial charge in [0.2, 0.25) is 0 Å². The number of hydrogen-bond acceptors (Lipinski definition) is 3. The Kier molecular flexibility index (Phi) is 4.66. The van der Waals surface area contributed by atoms with Gasteiger partial charge >= 0.3 is 0 Å². The van der Waals surface area contributed by atoms with E-state index in [1.807, 2.05) is 38.1 Å². The number of rotatable bonds is 5. The van der Waals surface area contributed by atoms with Gasteiger partial charge in [-0.2, -0.15) is 0 Å². The lowest BCUT2D eigenvalue weighted by Crippen LogP contribution is -1.99. The van der Waals surface area contributed by atoms with Gasteiger partial charge in [0.1, 0.15) is 0 Å². The summed E-state index contributed by atoms with van der Waals surface area (Å²) in [6.07, 6.45) is 1.83. The Morgan fingerprint density at radius 1 is 1.21 bits per heavy atom. The van der Waals surface area contributed by atoms with E-state index in [-0.39, 0.29) is 12.7 Å². The van der Waals surface area contributed by atoms with Crippen LogP contribution in [0.3, 0.4) is 0 Å². The number of hydrogen-bond donors (Lipinski definition) is 1. The van der Waals surface area contributed by atoms with Crippen molar-refractivity contribution in [3.8, 4) is 11.3 Å². The van der Waals surface area contributed by atoms with Crippen LogP contribution in [-0.4, -0.2) is 16.7 Å². The number of nitrogens with zero attached hydrogens (tertiary/aromatic N) is 1. The van der Waals surface area contributed by atoms with Crippen LogP contribution in [0.15, 0.2) is 42.6 Å². The summed E-state index contributed by atoms with van der Waals surface area (Å²) in [6, 6.07) is 11.9. The fourth-order valence-electron chi connectivity index (χ4n) is 2.00. The zero-order chi connectivity index (χ0) is 13.7. The summed E-state index contributed by atoms with van der Waals surface area (Å²) in [5, 5.41) is 9.14. The molecule has 0 fully saturated rings. The second kappa shape index (κ2) is 6.45. The van der Waals surface area contributed by atoms with E-state index in [9.17, 15) is 0 Å². The summed E-state index contributed by atoms with van der Waals surface area (Å²) in [6.45, 7) is 4.79. The van der Waals surface area contributed by atoms with Gasteiger partial charge in [-0.1, -0.05) is 24.3 Å². The molecule has 1 aromatic carbocycles. The Morgan fingerprint density at radius 2 is 1.95 bits per heavy atom. The summed E-state index contributed by atoms with van der Waals surface area (Å²) in [4.78, 5) is 4.33. The normalized spacial score (nSPS) is 12.4. The Hall–Kier alpha value is -1.71. The summed E-state index contributed by atoms with van der Waals surface area (Å²) in [7, 11) is 0. The number of aliphatic hydroxyl groups is 1. The predicted molar refractivity (Wildman–Crippen MR) is 75.6 cm³/mol. The number of ether oxygens (including phenoxy) is 1. The minimum Gasteiger partial charge on any atom is -0.392 e. The van der Waals surface area contributed by atoms with Gasteiger partial charge in [0.25, 0.3) is 0 Å². The molecule has 19 heavy (non-hydrogen) atoms. The summed E-state index contributed by atoms with van der Waals surface area (Å²) in [5.41, 5.74) is 3.95. The van der Waals surface area contributed by atoms with Gasteiger partial charge in [-0.15, -0.1) is 0 Å². The molecular weight excluding hydrogens is 238 g/mol. The summed E-state index contributed by atoms with van der Waals surface area (Å²) < 4.78 is 5.56. The van der Waals surface area contributed by atoms with E-state index >= 15 is 0 Å². The van der Waals surface area contributed by atoms with Crippen LogP contribution in [0.2, 0.25) is 0 Å². The third-order valence-electron chi connectivity index (χ3n) is 3.10. The van der Waals surface area contributed by atoms with Crippen LogP contribution in [0.1, 0.15) is 31.1 Å². The number of benzene rings is 1. The summed E-state index contributed by atoms with van der Waals surface area (Å²) in [5.74, 6) is 0. The van der Waals surface area contributed by atoms with E-state index in [0.29, 0.717) is 6.61 Å². The molecule has 1 aromatic heterocycles. The molecule has 100 valence electrons. The molecule has 0 saturated heterocycles. The SMILES string of the molecule is CCOC(C)c1ccc(-c2cc(CO)ccn2)cc1. The van der Waals surface area contributed by atoms with Gasteiger partial charge in [0, 0.05) is 18.4 Å². The molecule has 2 rings (SSSR count). The topological polar surface area (TPSA) is 42.4 Å². The van der Waals surface area contributed by atoms with E-state index in [0.717, 1.165) is 22.4 Å². The Bertz CT molecular complexity index is 523. The molecule has 1 N–H and O–H groups in total. The number of aliphatic hydroxyl groups excluding tert-OH is 1. The molecule has 1 heterocycles. The Balaban J connectivity index is 2.22. The first-order chi connectivity index (χ1) is 9.24. The molecule has 0 aliphatic carbocycles. The number of pyridine rings is 1. The van der Waals surface area contributed by atoms with Crippen molar-refractivity contribution in [3.05, 3.63) is 53.7 Å². The molecule has 2 aromatic rings. The highest BCUT2D eigenvalue weighted by Gasteiger charge is 2.06. The molecule has 0 aliphatic heterocycles. The van der Waals surface area contributed by atoms with Gasteiger partial charge in [0.05, 0.1) is 18.4 Å². The van der Waals surface area contributed by atoms with Crippen molar-refractivity contribution in [1.82, 2.24) is 4.98 Å². The molecule has 3 nitrogen and oxygen atoms in total. The minimum absolute atomic E-state index is 0.0367. The highest BCUT2D eigenvalue weighted by atomic mass is 16.5. The first kappa shape index (κ1) is 13.7. The minimum atomic E-state index is 0.0367. The van der Waals surface area contributed by atoms with Crippen molar-refractivity contribution in [2.45, 2.75) is 26.6 Å². The zero-order valence-corrected chi connectivity index (χ0v) is 11.3. The third-order valence-corrected chi connectivity index (χ3v) is 3.10. The van der Waals surface area contributed by atoms with Crippen LogP contribution in [0.4, 0.5) is 0 Å². The van der Waals surface area contributed by atoms with Crippen molar-refractivity contribution < 1.29 is 9.84 Å².